The van der Waals surface area contributed by atoms with Crippen LogP contribution in [0, 0.1) is 0 Å². The van der Waals surface area contributed by atoms with E-state index in [9.17, 15) is 22.8 Å². The zero-order valence-corrected chi connectivity index (χ0v) is 11.4. The van der Waals surface area contributed by atoms with Gasteiger partial charge in [0.25, 0.3) is 0 Å². The molecule has 0 rings (SSSR count). The first-order valence-electron chi connectivity index (χ1n) is 6.43. The quantitative estimate of drug-likeness (QED) is 0.372. The molecule has 20 heavy (non-hydrogen) atoms. The van der Waals surface area contributed by atoms with Gasteiger partial charge < -0.3 is 9.47 Å². The summed E-state index contributed by atoms with van der Waals surface area (Å²) in [7, 11) is 0. The van der Waals surface area contributed by atoms with Crippen LogP contribution in [0.4, 0.5) is 13.2 Å². The van der Waals surface area contributed by atoms with Gasteiger partial charge in [-0.2, -0.15) is 13.2 Å². The largest absolute Gasteiger partial charge is 0.463 e. The molecule has 0 fully saturated rings. The Hall–Kier alpha value is -1.53. The minimum absolute atomic E-state index is 0.227. The summed E-state index contributed by atoms with van der Waals surface area (Å²) in [5, 5.41) is 0. The van der Waals surface area contributed by atoms with E-state index in [1.54, 1.807) is 0 Å². The molecule has 0 aromatic rings. The summed E-state index contributed by atoms with van der Waals surface area (Å²) in [5.41, 5.74) is 0. The molecule has 116 valence electrons. The summed E-state index contributed by atoms with van der Waals surface area (Å²) in [5.74, 6) is -2.01. The molecular weight excluding hydrogens is 277 g/mol. The number of ether oxygens (including phenoxy) is 2. The highest BCUT2D eigenvalue weighted by Gasteiger charge is 2.29. The molecule has 0 spiro atoms. The molecule has 0 aliphatic heterocycles. The van der Waals surface area contributed by atoms with Gasteiger partial charge in [-0.3, -0.25) is 0 Å². The van der Waals surface area contributed by atoms with E-state index < -0.39 is 24.7 Å². The second kappa shape index (κ2) is 10.3. The summed E-state index contributed by atoms with van der Waals surface area (Å²) in [6.45, 7) is 0.635. The van der Waals surface area contributed by atoms with Crippen molar-refractivity contribution in [3.8, 4) is 0 Å². The molecule has 0 aliphatic rings. The van der Waals surface area contributed by atoms with Crippen LogP contribution in [0.5, 0.6) is 0 Å². The normalized spacial score (nSPS) is 11.6. The summed E-state index contributed by atoms with van der Waals surface area (Å²) in [6, 6.07) is 0. The Morgan fingerprint density at radius 1 is 0.950 bits per heavy atom. The maximum Gasteiger partial charge on any atom is 0.422 e. The topological polar surface area (TPSA) is 52.6 Å². The van der Waals surface area contributed by atoms with Crippen LogP contribution in [0.25, 0.3) is 0 Å². The second-order valence-electron chi connectivity index (χ2n) is 4.14. The maximum absolute atomic E-state index is 11.7. The van der Waals surface area contributed by atoms with Gasteiger partial charge >= 0.3 is 18.1 Å². The Kier molecular flexibility index (Phi) is 9.49. The molecule has 0 saturated carbocycles. The minimum Gasteiger partial charge on any atom is -0.463 e. The number of hydrogen-bond acceptors (Lipinski definition) is 4. The van der Waals surface area contributed by atoms with Crippen LogP contribution in [0.2, 0.25) is 0 Å². The second-order valence-corrected chi connectivity index (χ2v) is 4.14. The summed E-state index contributed by atoms with van der Waals surface area (Å²) in [4.78, 5) is 21.9. The number of esters is 2. The predicted molar refractivity (Wildman–Crippen MR) is 65.9 cm³/mol. The zero-order valence-electron chi connectivity index (χ0n) is 11.4. The molecule has 7 heteroatoms. The lowest BCUT2D eigenvalue weighted by Gasteiger charge is -2.05. The van der Waals surface area contributed by atoms with E-state index >= 15 is 0 Å². The van der Waals surface area contributed by atoms with E-state index in [4.69, 9.17) is 4.74 Å². The first kappa shape index (κ1) is 18.5. The van der Waals surface area contributed by atoms with Gasteiger partial charge in [0.1, 0.15) is 0 Å². The number of carbonyl (C=O) groups is 2. The average molecular weight is 296 g/mol. The Labute approximate surface area is 115 Å². The molecule has 0 N–H and O–H groups in total. The summed E-state index contributed by atoms with van der Waals surface area (Å²) < 4.78 is 43.8. The predicted octanol–water partition coefficient (Wildman–Crippen LogP) is 3.16. The summed E-state index contributed by atoms with van der Waals surface area (Å²) >= 11 is 0. The highest BCUT2D eigenvalue weighted by molar-refractivity contribution is 5.91. The van der Waals surface area contributed by atoms with Gasteiger partial charge in [0.05, 0.1) is 6.61 Å². The van der Waals surface area contributed by atoms with Crippen molar-refractivity contribution in [1.29, 1.82) is 0 Å². The highest BCUT2D eigenvalue weighted by Crippen LogP contribution is 2.14. The summed E-state index contributed by atoms with van der Waals surface area (Å²) in [6.07, 6.45) is 1.75. The van der Waals surface area contributed by atoms with Gasteiger partial charge in [0, 0.05) is 12.2 Å². The number of carbonyl (C=O) groups excluding carboxylic acids is 2. The third kappa shape index (κ3) is 12.9. The molecule has 0 saturated heterocycles. The van der Waals surface area contributed by atoms with Gasteiger partial charge in [-0.1, -0.05) is 32.6 Å². The van der Waals surface area contributed by atoms with Crippen LogP contribution < -0.4 is 0 Å². The molecule has 0 heterocycles. The van der Waals surface area contributed by atoms with Gasteiger partial charge in [0.2, 0.25) is 0 Å². The standard InChI is InChI=1S/C13H19F3O4/c1-2-3-4-5-6-9-19-11(17)7-8-12(18)20-10-13(14,15)16/h7-8H,2-6,9-10H2,1H3/b8-7+. The van der Waals surface area contributed by atoms with Gasteiger partial charge in [-0.25, -0.2) is 9.59 Å². The molecule has 0 atom stereocenters. The van der Waals surface area contributed by atoms with Crippen LogP contribution in [0.3, 0.4) is 0 Å². The Balaban J connectivity index is 3.69. The molecule has 0 radical (unpaired) electrons. The molecule has 4 nitrogen and oxygen atoms in total. The maximum atomic E-state index is 11.7. The van der Waals surface area contributed by atoms with Crippen molar-refractivity contribution in [2.45, 2.75) is 45.2 Å². The van der Waals surface area contributed by atoms with Crippen molar-refractivity contribution in [2.75, 3.05) is 13.2 Å². The van der Waals surface area contributed by atoms with Crippen molar-refractivity contribution in [3.05, 3.63) is 12.2 Å². The van der Waals surface area contributed by atoms with Crippen LogP contribution in [0.1, 0.15) is 39.0 Å². The Bertz CT molecular complexity index is 324. The fourth-order valence-corrected chi connectivity index (χ4v) is 1.26. The number of halogens is 3. The van der Waals surface area contributed by atoms with Crippen molar-refractivity contribution in [3.63, 3.8) is 0 Å². The molecule has 0 aromatic carbocycles. The lowest BCUT2D eigenvalue weighted by molar-refractivity contribution is -0.182. The van der Waals surface area contributed by atoms with Gasteiger partial charge in [-0.05, 0) is 6.42 Å². The number of hydrogen-bond donors (Lipinski definition) is 0. The van der Waals surface area contributed by atoms with E-state index in [2.05, 4.69) is 11.7 Å². The van der Waals surface area contributed by atoms with E-state index in [0.29, 0.717) is 6.08 Å². The van der Waals surface area contributed by atoms with Crippen LogP contribution >= 0.6 is 0 Å². The van der Waals surface area contributed by atoms with Crippen molar-refractivity contribution in [2.24, 2.45) is 0 Å². The van der Waals surface area contributed by atoms with Gasteiger partial charge in [-0.15, -0.1) is 0 Å². The number of rotatable bonds is 9. The fourth-order valence-electron chi connectivity index (χ4n) is 1.26. The van der Waals surface area contributed by atoms with E-state index in [0.717, 1.165) is 38.2 Å². The lowest BCUT2D eigenvalue weighted by Crippen LogP contribution is -2.19. The van der Waals surface area contributed by atoms with Crippen molar-refractivity contribution in [1.82, 2.24) is 0 Å². The SMILES string of the molecule is CCCCCCCOC(=O)/C=C/C(=O)OCC(F)(F)F. The number of unbranched alkanes of at least 4 members (excludes halogenated alkanes) is 4. The molecular formula is C13H19F3O4. The average Bonchev–Trinajstić information content (AvgIpc) is 2.37. The molecule has 0 aliphatic carbocycles. The van der Waals surface area contributed by atoms with Crippen LogP contribution in [-0.4, -0.2) is 31.3 Å². The van der Waals surface area contributed by atoms with E-state index in [-0.39, 0.29) is 6.61 Å². The number of alkyl halides is 3. The van der Waals surface area contributed by atoms with E-state index in [1.165, 1.54) is 0 Å². The fraction of sp³-hybridized carbons (Fsp3) is 0.692. The lowest BCUT2D eigenvalue weighted by atomic mass is 10.2. The third-order valence-electron chi connectivity index (χ3n) is 2.23. The minimum atomic E-state index is -4.58. The smallest absolute Gasteiger partial charge is 0.422 e. The zero-order chi connectivity index (χ0) is 15.4. The first-order chi connectivity index (χ1) is 9.35. The van der Waals surface area contributed by atoms with Crippen LogP contribution in [0.15, 0.2) is 12.2 Å². The van der Waals surface area contributed by atoms with Crippen molar-refractivity contribution < 1.29 is 32.2 Å². The highest BCUT2D eigenvalue weighted by atomic mass is 19.4. The Morgan fingerprint density at radius 2 is 1.50 bits per heavy atom. The molecule has 0 bridgehead atoms. The molecule has 0 amide bonds. The molecule has 0 aromatic heterocycles. The molecule has 0 unspecified atom stereocenters. The van der Waals surface area contributed by atoms with Crippen LogP contribution in [-0.2, 0) is 19.1 Å². The van der Waals surface area contributed by atoms with E-state index in [1.807, 2.05) is 0 Å². The van der Waals surface area contributed by atoms with Crippen molar-refractivity contribution >= 4 is 11.9 Å². The third-order valence-corrected chi connectivity index (χ3v) is 2.23. The monoisotopic (exact) mass is 296 g/mol. The van der Waals surface area contributed by atoms with Gasteiger partial charge in [0.15, 0.2) is 6.61 Å². The first-order valence-corrected chi connectivity index (χ1v) is 6.43. The Morgan fingerprint density at radius 3 is 2.05 bits per heavy atom.